The number of hydrogen-bond donors (Lipinski definition) is 0. The van der Waals surface area contributed by atoms with Gasteiger partial charge >= 0.3 is 6.09 Å². The van der Waals surface area contributed by atoms with Crippen molar-refractivity contribution in [3.63, 3.8) is 0 Å². The highest BCUT2D eigenvalue weighted by molar-refractivity contribution is 9.10. The van der Waals surface area contributed by atoms with Gasteiger partial charge in [0.25, 0.3) is 5.56 Å². The molecule has 0 bridgehead atoms. The predicted octanol–water partition coefficient (Wildman–Crippen LogP) is 5.75. The van der Waals surface area contributed by atoms with Gasteiger partial charge in [0.2, 0.25) is 0 Å². The molecule has 0 unspecified atom stereocenters. The summed E-state index contributed by atoms with van der Waals surface area (Å²) in [4.78, 5) is 31.2. The molecule has 0 saturated carbocycles. The number of carbonyl (C=O) groups excluding carboxylic acids is 1. The fraction of sp³-hybridized carbons (Fsp3) is 0.227. The van der Waals surface area contributed by atoms with Gasteiger partial charge in [0.1, 0.15) is 16.6 Å². The van der Waals surface area contributed by atoms with E-state index in [0.29, 0.717) is 21.6 Å². The lowest BCUT2D eigenvalue weighted by Gasteiger charge is -2.20. The Bertz CT molecular complexity index is 1380. The molecule has 2 heterocycles. The molecular formula is C22H19BrClN3O3. The zero-order chi connectivity index (χ0) is 21.8. The summed E-state index contributed by atoms with van der Waals surface area (Å²) in [6, 6.07) is 12.6. The Balaban J connectivity index is 2.18. The van der Waals surface area contributed by atoms with Gasteiger partial charge < -0.3 is 9.30 Å². The lowest BCUT2D eigenvalue weighted by molar-refractivity contribution is 0.0546. The molecule has 6 nitrogen and oxygen atoms in total. The first-order chi connectivity index (χ1) is 14.1. The van der Waals surface area contributed by atoms with Gasteiger partial charge in [-0.15, -0.1) is 0 Å². The van der Waals surface area contributed by atoms with Gasteiger partial charge in [-0.05, 0) is 51.1 Å². The van der Waals surface area contributed by atoms with E-state index in [9.17, 15) is 9.59 Å². The Labute approximate surface area is 186 Å². The first-order valence-electron chi connectivity index (χ1n) is 9.27. The normalized spacial score (nSPS) is 11.9. The minimum Gasteiger partial charge on any atom is -0.443 e. The molecule has 4 rings (SSSR count). The quantitative estimate of drug-likeness (QED) is 0.342. The number of aryl methyl sites for hydroxylation is 1. The van der Waals surface area contributed by atoms with Crippen molar-refractivity contribution in [3.05, 3.63) is 62.3 Å². The van der Waals surface area contributed by atoms with Gasteiger partial charge in [0.05, 0.1) is 10.5 Å². The smallest absolute Gasteiger partial charge is 0.420 e. The van der Waals surface area contributed by atoms with E-state index in [1.165, 1.54) is 9.13 Å². The number of halogens is 2. The van der Waals surface area contributed by atoms with Crippen LogP contribution in [0, 0.1) is 0 Å². The van der Waals surface area contributed by atoms with Gasteiger partial charge in [-0.3, -0.25) is 4.79 Å². The van der Waals surface area contributed by atoms with Gasteiger partial charge in [0.15, 0.2) is 5.82 Å². The minimum absolute atomic E-state index is 0.150. The number of benzene rings is 2. The van der Waals surface area contributed by atoms with Crippen LogP contribution in [-0.2, 0) is 11.8 Å². The third-order valence-corrected chi connectivity index (χ3v) is 5.47. The highest BCUT2D eigenvalue weighted by Crippen LogP contribution is 2.33. The van der Waals surface area contributed by atoms with Gasteiger partial charge in [-0.25, -0.2) is 14.3 Å². The third kappa shape index (κ3) is 3.42. The number of imidazole rings is 1. The third-order valence-electron chi connectivity index (χ3n) is 4.65. The van der Waals surface area contributed by atoms with Crippen LogP contribution in [0.1, 0.15) is 20.8 Å². The van der Waals surface area contributed by atoms with E-state index < -0.39 is 11.7 Å². The van der Waals surface area contributed by atoms with Crippen LogP contribution in [0.2, 0.25) is 5.02 Å². The molecule has 30 heavy (non-hydrogen) atoms. The Morgan fingerprint density at radius 1 is 1.17 bits per heavy atom. The molecule has 0 radical (unpaired) electrons. The number of aromatic nitrogens is 3. The van der Waals surface area contributed by atoms with Gasteiger partial charge in [-0.2, -0.15) is 0 Å². The van der Waals surface area contributed by atoms with Crippen LogP contribution in [0.5, 0.6) is 0 Å². The SMILES string of the molecule is Cn1c(=O)c2c(nc(-c3ccccc3Cl)n2C(=O)OC(C)(C)C)c2ccc(Br)cc21. The maximum Gasteiger partial charge on any atom is 0.420 e. The number of nitrogens with zero attached hydrogens (tertiary/aromatic N) is 3. The maximum atomic E-state index is 13.3. The molecule has 8 heteroatoms. The molecule has 0 N–H and O–H groups in total. The monoisotopic (exact) mass is 487 g/mol. The number of carbonyl (C=O) groups is 1. The second kappa shape index (κ2) is 7.25. The van der Waals surface area contributed by atoms with Gasteiger partial charge in [0, 0.05) is 22.5 Å². The molecule has 2 aromatic carbocycles. The fourth-order valence-corrected chi connectivity index (χ4v) is 3.93. The molecule has 0 aliphatic rings. The summed E-state index contributed by atoms with van der Waals surface area (Å²) in [7, 11) is 1.66. The zero-order valence-corrected chi connectivity index (χ0v) is 19.2. The summed E-state index contributed by atoms with van der Waals surface area (Å²) >= 11 is 9.86. The van der Waals surface area contributed by atoms with Crippen LogP contribution < -0.4 is 5.56 Å². The number of ether oxygens (including phenoxy) is 1. The highest BCUT2D eigenvalue weighted by atomic mass is 79.9. The topological polar surface area (TPSA) is 66.1 Å². The highest BCUT2D eigenvalue weighted by Gasteiger charge is 2.28. The van der Waals surface area contributed by atoms with E-state index in [0.717, 1.165) is 9.86 Å². The van der Waals surface area contributed by atoms with Crippen molar-refractivity contribution in [1.29, 1.82) is 0 Å². The van der Waals surface area contributed by atoms with Crippen LogP contribution in [0.25, 0.3) is 33.3 Å². The van der Waals surface area contributed by atoms with Crippen LogP contribution in [0.15, 0.2) is 51.7 Å². The summed E-state index contributed by atoms with van der Waals surface area (Å²) < 4.78 is 9.17. The van der Waals surface area contributed by atoms with Crippen molar-refractivity contribution in [2.75, 3.05) is 0 Å². The van der Waals surface area contributed by atoms with Gasteiger partial charge in [-0.1, -0.05) is 39.7 Å². The Hall–Kier alpha value is -2.64. The van der Waals surface area contributed by atoms with Crippen LogP contribution in [0.3, 0.4) is 0 Å². The number of rotatable bonds is 1. The van der Waals surface area contributed by atoms with Crippen molar-refractivity contribution in [1.82, 2.24) is 14.1 Å². The number of fused-ring (bicyclic) bond motifs is 3. The molecular weight excluding hydrogens is 470 g/mol. The molecule has 2 aromatic heterocycles. The van der Waals surface area contributed by atoms with E-state index in [1.807, 2.05) is 18.2 Å². The summed E-state index contributed by atoms with van der Waals surface area (Å²) in [5.74, 6) is 0.261. The Morgan fingerprint density at radius 3 is 2.53 bits per heavy atom. The first-order valence-corrected chi connectivity index (χ1v) is 10.4. The first kappa shape index (κ1) is 20.6. The van der Waals surface area contributed by atoms with Crippen molar-refractivity contribution < 1.29 is 9.53 Å². The molecule has 0 spiro atoms. The Kier molecular flexibility index (Phi) is 4.98. The average Bonchev–Trinajstić information content (AvgIpc) is 3.05. The van der Waals surface area contributed by atoms with Crippen molar-refractivity contribution in [3.8, 4) is 11.4 Å². The standard InChI is InChI=1S/C22H19BrClN3O3/c1-22(2,3)30-21(29)27-18-17(25-19(27)13-7-5-6-8-15(13)24)14-10-9-12(23)11-16(14)26(4)20(18)28/h5-11H,1-4H3. The van der Waals surface area contributed by atoms with E-state index in [2.05, 4.69) is 15.9 Å². The molecule has 4 aromatic rings. The molecule has 0 saturated heterocycles. The second-order valence-electron chi connectivity index (χ2n) is 7.95. The molecule has 0 fully saturated rings. The summed E-state index contributed by atoms with van der Waals surface area (Å²) in [6.45, 7) is 5.30. The van der Waals surface area contributed by atoms with Crippen LogP contribution in [-0.4, -0.2) is 25.8 Å². The van der Waals surface area contributed by atoms with Crippen molar-refractivity contribution in [2.45, 2.75) is 26.4 Å². The van der Waals surface area contributed by atoms with Crippen molar-refractivity contribution >= 4 is 55.6 Å². The van der Waals surface area contributed by atoms with E-state index in [4.69, 9.17) is 21.3 Å². The van der Waals surface area contributed by atoms with E-state index in [-0.39, 0.29) is 16.9 Å². The van der Waals surface area contributed by atoms with Crippen LogP contribution in [0.4, 0.5) is 4.79 Å². The van der Waals surface area contributed by atoms with Crippen LogP contribution >= 0.6 is 27.5 Å². The zero-order valence-electron chi connectivity index (χ0n) is 16.9. The molecule has 0 atom stereocenters. The number of hydrogen-bond acceptors (Lipinski definition) is 4. The lowest BCUT2D eigenvalue weighted by Crippen LogP contribution is -2.29. The average molecular weight is 489 g/mol. The van der Waals surface area contributed by atoms with Crippen molar-refractivity contribution in [2.24, 2.45) is 7.05 Å². The minimum atomic E-state index is -0.752. The Morgan fingerprint density at radius 2 is 1.87 bits per heavy atom. The summed E-state index contributed by atoms with van der Waals surface area (Å²) in [5, 5.41) is 1.16. The summed E-state index contributed by atoms with van der Waals surface area (Å²) in [6.07, 6.45) is -0.687. The van der Waals surface area contributed by atoms with E-state index in [1.54, 1.807) is 52.1 Å². The second-order valence-corrected chi connectivity index (χ2v) is 9.28. The number of pyridine rings is 1. The molecule has 0 aliphatic carbocycles. The maximum absolute atomic E-state index is 13.3. The largest absolute Gasteiger partial charge is 0.443 e. The summed E-state index contributed by atoms with van der Waals surface area (Å²) in [5.41, 5.74) is 0.693. The fourth-order valence-electron chi connectivity index (χ4n) is 3.36. The molecule has 154 valence electrons. The lowest BCUT2D eigenvalue weighted by atomic mass is 10.2. The molecule has 0 amide bonds. The molecule has 0 aliphatic heterocycles. The predicted molar refractivity (Wildman–Crippen MR) is 122 cm³/mol. The van der Waals surface area contributed by atoms with E-state index >= 15 is 0 Å².